The van der Waals surface area contributed by atoms with Crippen LogP contribution in [0.4, 0.5) is 13.2 Å². The van der Waals surface area contributed by atoms with E-state index in [0.29, 0.717) is 20.8 Å². The lowest BCUT2D eigenvalue weighted by atomic mass is 9.96. The molecule has 0 N–H and O–H groups in total. The number of hydrogen-bond acceptors (Lipinski definition) is 6. The molecule has 5 rings (SSSR count). The number of thiazole rings is 1. The van der Waals surface area contributed by atoms with Gasteiger partial charge in [0.25, 0.3) is 5.56 Å². The van der Waals surface area contributed by atoms with Crippen molar-refractivity contribution in [3.05, 3.63) is 115 Å². The summed E-state index contributed by atoms with van der Waals surface area (Å²) in [6.45, 7) is 3.58. The summed E-state index contributed by atoms with van der Waals surface area (Å²) in [7, 11) is 0. The van der Waals surface area contributed by atoms with Crippen molar-refractivity contribution < 1.29 is 27.1 Å². The van der Waals surface area contributed by atoms with Gasteiger partial charge < -0.3 is 9.15 Å². The van der Waals surface area contributed by atoms with E-state index >= 15 is 0 Å². The number of rotatable bonds is 5. The van der Waals surface area contributed by atoms with Gasteiger partial charge in [-0.05, 0) is 43.7 Å². The lowest BCUT2D eigenvalue weighted by Crippen LogP contribution is -2.39. The van der Waals surface area contributed by atoms with Gasteiger partial charge in [0.15, 0.2) is 4.80 Å². The number of nitrogens with zero attached hydrogens (tertiary/aromatic N) is 2. The number of allylic oxidation sites excluding steroid dienone is 1. The first-order valence-corrected chi connectivity index (χ1v) is 12.5. The van der Waals surface area contributed by atoms with Crippen LogP contribution in [0.1, 0.15) is 36.8 Å². The fraction of sp³-hybridized carbons (Fsp3) is 0.179. The number of esters is 1. The highest BCUT2D eigenvalue weighted by atomic mass is 32.1. The zero-order valence-corrected chi connectivity index (χ0v) is 21.1. The predicted molar refractivity (Wildman–Crippen MR) is 136 cm³/mol. The zero-order chi connectivity index (χ0) is 27.0. The number of aromatic nitrogens is 1. The molecular weight excluding hydrogens is 517 g/mol. The van der Waals surface area contributed by atoms with Crippen LogP contribution in [0, 0.1) is 0 Å². The van der Waals surface area contributed by atoms with Crippen molar-refractivity contribution in [2.75, 3.05) is 6.61 Å². The maximum atomic E-state index is 13.6. The summed E-state index contributed by atoms with van der Waals surface area (Å²) < 4.78 is 52.2. The standard InChI is InChI=1S/C28H21F3N2O4S/c1-3-36-26(35)23-16(2)32-27-33(24(23)17-8-5-4-6-9-17)25(34)22(38-27)15-20-12-13-21(37-20)18-10-7-11-19(14-18)28(29,30)31/h4-15,24H,3H2,1-2H3/b22-15-/t24-/m0/s1. The van der Waals surface area contributed by atoms with E-state index in [4.69, 9.17) is 9.15 Å². The smallest absolute Gasteiger partial charge is 0.416 e. The highest BCUT2D eigenvalue weighted by Crippen LogP contribution is 2.33. The van der Waals surface area contributed by atoms with Crippen LogP contribution < -0.4 is 14.9 Å². The summed E-state index contributed by atoms with van der Waals surface area (Å²) >= 11 is 1.13. The molecule has 0 fully saturated rings. The number of hydrogen-bond donors (Lipinski definition) is 0. The molecule has 10 heteroatoms. The normalized spacial score (nSPS) is 15.8. The predicted octanol–water partition coefficient (Wildman–Crippen LogP) is 5.08. The second kappa shape index (κ2) is 9.94. The van der Waals surface area contributed by atoms with Gasteiger partial charge in [-0.3, -0.25) is 9.36 Å². The van der Waals surface area contributed by atoms with Gasteiger partial charge in [-0.2, -0.15) is 13.2 Å². The fourth-order valence-corrected chi connectivity index (χ4v) is 5.33. The third-order valence-corrected chi connectivity index (χ3v) is 6.99. The topological polar surface area (TPSA) is 73.8 Å². The number of furan rings is 1. The molecule has 1 aliphatic rings. The Morgan fingerprint density at radius 2 is 1.89 bits per heavy atom. The number of carbonyl (C=O) groups is 1. The Morgan fingerprint density at radius 1 is 1.13 bits per heavy atom. The first-order valence-electron chi connectivity index (χ1n) is 11.7. The third-order valence-electron chi connectivity index (χ3n) is 6.01. The van der Waals surface area contributed by atoms with Crippen LogP contribution in [-0.4, -0.2) is 17.1 Å². The maximum Gasteiger partial charge on any atom is 0.416 e. The van der Waals surface area contributed by atoms with Gasteiger partial charge in [0.2, 0.25) is 0 Å². The first-order chi connectivity index (χ1) is 18.2. The summed E-state index contributed by atoms with van der Waals surface area (Å²) in [4.78, 5) is 31.4. The Balaban J connectivity index is 1.60. The maximum absolute atomic E-state index is 13.6. The quantitative estimate of drug-likeness (QED) is 0.333. The van der Waals surface area contributed by atoms with Gasteiger partial charge in [-0.25, -0.2) is 9.79 Å². The number of alkyl halides is 3. The minimum atomic E-state index is -4.48. The van der Waals surface area contributed by atoms with Crippen molar-refractivity contribution in [2.24, 2.45) is 4.99 Å². The van der Waals surface area contributed by atoms with E-state index in [0.717, 1.165) is 29.0 Å². The first kappa shape index (κ1) is 25.5. The number of ether oxygens (including phenoxy) is 1. The minimum absolute atomic E-state index is 0.175. The van der Waals surface area contributed by atoms with E-state index in [2.05, 4.69) is 4.99 Å². The van der Waals surface area contributed by atoms with Crippen LogP contribution in [0.3, 0.4) is 0 Å². The molecule has 0 spiro atoms. The highest BCUT2D eigenvalue weighted by Gasteiger charge is 2.33. The van der Waals surface area contributed by atoms with Crippen molar-refractivity contribution in [3.63, 3.8) is 0 Å². The SMILES string of the molecule is CCOC(=O)C1=C(C)N=c2s/c(=C\c3ccc(-c4cccc(C(F)(F)F)c4)o3)c(=O)n2[C@H]1c1ccccc1. The van der Waals surface area contributed by atoms with E-state index in [1.165, 1.54) is 22.8 Å². The molecule has 0 aliphatic carbocycles. The Kier molecular flexibility index (Phi) is 6.66. The second-order valence-corrected chi connectivity index (χ2v) is 9.50. The molecule has 0 amide bonds. The van der Waals surface area contributed by atoms with Crippen molar-refractivity contribution in [1.82, 2.24) is 4.57 Å². The molecule has 1 atom stereocenters. The molecule has 4 aromatic rings. The Hall–Kier alpha value is -4.18. The van der Waals surface area contributed by atoms with Gasteiger partial charge in [0, 0.05) is 11.6 Å². The number of carbonyl (C=O) groups excluding carboxylic acids is 1. The molecule has 0 saturated heterocycles. The summed E-state index contributed by atoms with van der Waals surface area (Å²) in [5, 5.41) is 0. The second-order valence-electron chi connectivity index (χ2n) is 8.49. The Labute approximate surface area is 218 Å². The number of benzene rings is 2. The summed E-state index contributed by atoms with van der Waals surface area (Å²) in [6.07, 6.45) is -2.96. The molecule has 194 valence electrons. The van der Waals surface area contributed by atoms with E-state index in [9.17, 15) is 22.8 Å². The largest absolute Gasteiger partial charge is 0.463 e. The van der Waals surface area contributed by atoms with Crippen LogP contribution in [0.5, 0.6) is 0 Å². The summed E-state index contributed by atoms with van der Waals surface area (Å²) in [5.41, 5.74) is 0.558. The molecule has 38 heavy (non-hydrogen) atoms. The summed E-state index contributed by atoms with van der Waals surface area (Å²) in [5.74, 6) is -0.0216. The molecule has 2 aromatic heterocycles. The van der Waals surface area contributed by atoms with Gasteiger partial charge in [0.1, 0.15) is 11.5 Å². The van der Waals surface area contributed by atoms with Crippen molar-refractivity contribution in [3.8, 4) is 11.3 Å². The number of fused-ring (bicyclic) bond motifs is 1. The van der Waals surface area contributed by atoms with E-state index in [1.807, 2.05) is 30.3 Å². The molecule has 2 aromatic carbocycles. The van der Waals surface area contributed by atoms with Crippen LogP contribution in [0.25, 0.3) is 17.4 Å². The van der Waals surface area contributed by atoms with Gasteiger partial charge in [0.05, 0.1) is 34.0 Å². The average Bonchev–Trinajstić information content (AvgIpc) is 3.48. The fourth-order valence-electron chi connectivity index (χ4n) is 4.31. The molecule has 0 saturated carbocycles. The third kappa shape index (κ3) is 4.74. The van der Waals surface area contributed by atoms with Crippen LogP contribution in [0.2, 0.25) is 0 Å². The average molecular weight is 539 g/mol. The van der Waals surface area contributed by atoms with Gasteiger partial charge in [-0.1, -0.05) is 53.8 Å². The van der Waals surface area contributed by atoms with Crippen molar-refractivity contribution in [2.45, 2.75) is 26.1 Å². The molecular formula is C28H21F3N2O4S. The monoisotopic (exact) mass is 538 g/mol. The Bertz CT molecular complexity index is 1730. The van der Waals surface area contributed by atoms with Gasteiger partial charge >= 0.3 is 12.1 Å². The lowest BCUT2D eigenvalue weighted by molar-refractivity contribution is -0.139. The minimum Gasteiger partial charge on any atom is -0.463 e. The summed E-state index contributed by atoms with van der Waals surface area (Å²) in [6, 6.07) is 16.4. The highest BCUT2D eigenvalue weighted by molar-refractivity contribution is 7.07. The number of halogens is 3. The van der Waals surface area contributed by atoms with Crippen molar-refractivity contribution in [1.29, 1.82) is 0 Å². The van der Waals surface area contributed by atoms with E-state index in [-0.39, 0.29) is 29.1 Å². The lowest BCUT2D eigenvalue weighted by Gasteiger charge is -2.24. The van der Waals surface area contributed by atoms with Crippen LogP contribution in [0.15, 0.2) is 92.2 Å². The zero-order valence-electron chi connectivity index (χ0n) is 20.3. The molecule has 0 bridgehead atoms. The molecule has 0 unspecified atom stereocenters. The van der Waals surface area contributed by atoms with E-state index < -0.39 is 23.8 Å². The molecule has 1 aliphatic heterocycles. The van der Waals surface area contributed by atoms with Crippen LogP contribution >= 0.6 is 11.3 Å². The molecule has 0 radical (unpaired) electrons. The van der Waals surface area contributed by atoms with Gasteiger partial charge in [-0.15, -0.1) is 0 Å². The molecule has 6 nitrogen and oxygen atoms in total. The molecule has 3 heterocycles. The van der Waals surface area contributed by atoms with Crippen molar-refractivity contribution >= 4 is 23.4 Å². The van der Waals surface area contributed by atoms with E-state index in [1.54, 1.807) is 26.0 Å². The Morgan fingerprint density at radius 3 is 2.61 bits per heavy atom. The van der Waals surface area contributed by atoms with Crippen LogP contribution in [-0.2, 0) is 15.7 Å².